The Kier molecular flexibility index (Phi) is 5.62. The quantitative estimate of drug-likeness (QED) is 0.693. The summed E-state index contributed by atoms with van der Waals surface area (Å²) in [6, 6.07) is 16.7. The van der Waals surface area contributed by atoms with Gasteiger partial charge in [-0.25, -0.2) is 4.79 Å². The molecule has 0 amide bonds. The molecular formula is C19H19NO2. The normalized spacial score (nSPS) is 11.0. The monoisotopic (exact) mass is 293 g/mol. The van der Waals surface area contributed by atoms with E-state index in [0.717, 1.165) is 16.8 Å². The van der Waals surface area contributed by atoms with Gasteiger partial charge < -0.3 is 10.1 Å². The summed E-state index contributed by atoms with van der Waals surface area (Å²) in [4.78, 5) is 12.0. The van der Waals surface area contributed by atoms with Crippen molar-refractivity contribution in [1.82, 2.24) is 0 Å². The van der Waals surface area contributed by atoms with Gasteiger partial charge in [-0.05, 0) is 38.1 Å². The Balaban J connectivity index is 2.18. The SMILES string of the molecule is CCOC(=O)[C@@H](C#Cc1ccccc1)Nc1ccc(C)cc1. The fourth-order valence-corrected chi connectivity index (χ4v) is 1.87. The van der Waals surface area contributed by atoms with Crippen LogP contribution in [-0.4, -0.2) is 18.6 Å². The van der Waals surface area contributed by atoms with Gasteiger partial charge in [0, 0.05) is 11.3 Å². The highest BCUT2D eigenvalue weighted by atomic mass is 16.5. The van der Waals surface area contributed by atoms with Crippen LogP contribution in [0.4, 0.5) is 5.69 Å². The second kappa shape index (κ2) is 7.90. The van der Waals surface area contributed by atoms with E-state index in [4.69, 9.17) is 4.74 Å². The molecule has 22 heavy (non-hydrogen) atoms. The van der Waals surface area contributed by atoms with Gasteiger partial charge in [-0.3, -0.25) is 0 Å². The molecule has 3 nitrogen and oxygen atoms in total. The van der Waals surface area contributed by atoms with E-state index in [-0.39, 0.29) is 5.97 Å². The Morgan fingerprint density at radius 2 is 1.82 bits per heavy atom. The molecule has 2 rings (SSSR count). The van der Waals surface area contributed by atoms with Crippen molar-refractivity contribution < 1.29 is 9.53 Å². The minimum Gasteiger partial charge on any atom is -0.464 e. The molecule has 1 N–H and O–H groups in total. The Bertz CT molecular complexity index is 666. The molecule has 112 valence electrons. The predicted octanol–water partition coefficient (Wildman–Crippen LogP) is 3.39. The van der Waals surface area contributed by atoms with E-state index in [1.165, 1.54) is 0 Å². The number of benzene rings is 2. The lowest BCUT2D eigenvalue weighted by molar-refractivity contribution is -0.142. The Morgan fingerprint density at radius 3 is 2.45 bits per heavy atom. The molecule has 0 fully saturated rings. The molecule has 0 unspecified atom stereocenters. The van der Waals surface area contributed by atoms with Crippen LogP contribution in [0.3, 0.4) is 0 Å². The van der Waals surface area contributed by atoms with Gasteiger partial charge in [-0.1, -0.05) is 47.7 Å². The largest absolute Gasteiger partial charge is 0.464 e. The van der Waals surface area contributed by atoms with Crippen LogP contribution in [0.2, 0.25) is 0 Å². The highest BCUT2D eigenvalue weighted by molar-refractivity contribution is 5.83. The number of carbonyl (C=O) groups excluding carboxylic acids is 1. The summed E-state index contributed by atoms with van der Waals surface area (Å²) in [6.45, 7) is 4.13. The van der Waals surface area contributed by atoms with Crippen molar-refractivity contribution in [3.63, 3.8) is 0 Å². The third kappa shape index (κ3) is 4.68. The van der Waals surface area contributed by atoms with Crippen LogP contribution in [0, 0.1) is 18.8 Å². The summed E-state index contributed by atoms with van der Waals surface area (Å²) in [7, 11) is 0. The molecule has 0 bridgehead atoms. The van der Waals surface area contributed by atoms with E-state index in [0.29, 0.717) is 6.61 Å². The summed E-state index contributed by atoms with van der Waals surface area (Å²) < 4.78 is 5.08. The van der Waals surface area contributed by atoms with Crippen molar-refractivity contribution in [1.29, 1.82) is 0 Å². The standard InChI is InChI=1S/C19H19NO2/c1-3-22-19(21)18(14-11-16-7-5-4-6-8-16)20-17-12-9-15(2)10-13-17/h4-10,12-13,18,20H,3H2,1-2H3/t18-/m1/s1. The smallest absolute Gasteiger partial charge is 0.341 e. The molecule has 0 heterocycles. The van der Waals surface area contributed by atoms with Gasteiger partial charge in [0.15, 0.2) is 6.04 Å². The highest BCUT2D eigenvalue weighted by Crippen LogP contribution is 2.10. The lowest BCUT2D eigenvalue weighted by Crippen LogP contribution is -2.30. The van der Waals surface area contributed by atoms with Gasteiger partial charge in [0.2, 0.25) is 0 Å². The van der Waals surface area contributed by atoms with Gasteiger partial charge in [0.05, 0.1) is 6.61 Å². The Morgan fingerprint density at radius 1 is 1.14 bits per heavy atom. The molecular weight excluding hydrogens is 274 g/mol. The van der Waals surface area contributed by atoms with Crippen LogP contribution in [0.5, 0.6) is 0 Å². The molecule has 0 spiro atoms. The molecule has 2 aromatic carbocycles. The molecule has 0 aliphatic heterocycles. The number of anilines is 1. The first kappa shape index (κ1) is 15.7. The Hall–Kier alpha value is -2.73. The predicted molar refractivity (Wildman–Crippen MR) is 88.5 cm³/mol. The maximum absolute atomic E-state index is 12.0. The van der Waals surface area contributed by atoms with Crippen LogP contribution in [0.15, 0.2) is 54.6 Å². The number of aryl methyl sites for hydroxylation is 1. The average Bonchev–Trinajstić information content (AvgIpc) is 2.54. The number of carbonyl (C=O) groups is 1. The van der Waals surface area contributed by atoms with Gasteiger partial charge >= 0.3 is 5.97 Å². The van der Waals surface area contributed by atoms with Gasteiger partial charge in [-0.2, -0.15) is 0 Å². The molecule has 0 aliphatic rings. The van der Waals surface area contributed by atoms with Crippen molar-refractivity contribution in [2.75, 3.05) is 11.9 Å². The van der Waals surface area contributed by atoms with E-state index in [2.05, 4.69) is 17.2 Å². The lowest BCUT2D eigenvalue weighted by atomic mass is 10.2. The third-order valence-corrected chi connectivity index (χ3v) is 3.02. The van der Waals surface area contributed by atoms with Crippen LogP contribution in [0.1, 0.15) is 18.1 Å². The minimum atomic E-state index is -0.692. The summed E-state index contributed by atoms with van der Waals surface area (Å²) >= 11 is 0. The number of nitrogens with one attached hydrogen (secondary N) is 1. The minimum absolute atomic E-state index is 0.331. The van der Waals surface area contributed by atoms with E-state index in [9.17, 15) is 4.79 Å². The van der Waals surface area contributed by atoms with Crippen molar-refractivity contribution in [2.45, 2.75) is 19.9 Å². The summed E-state index contributed by atoms with van der Waals surface area (Å²) in [5.41, 5.74) is 2.86. The van der Waals surface area contributed by atoms with Gasteiger partial charge in [-0.15, -0.1) is 0 Å². The number of rotatable bonds is 4. The van der Waals surface area contributed by atoms with Crippen LogP contribution in [0.25, 0.3) is 0 Å². The van der Waals surface area contributed by atoms with E-state index in [1.54, 1.807) is 6.92 Å². The first-order valence-corrected chi connectivity index (χ1v) is 7.25. The second-order valence-electron chi connectivity index (χ2n) is 4.83. The summed E-state index contributed by atoms with van der Waals surface area (Å²) in [6.07, 6.45) is 0. The third-order valence-electron chi connectivity index (χ3n) is 3.02. The molecule has 0 aromatic heterocycles. The zero-order valence-electron chi connectivity index (χ0n) is 12.8. The zero-order valence-corrected chi connectivity index (χ0v) is 12.8. The topological polar surface area (TPSA) is 38.3 Å². The van der Waals surface area contributed by atoms with Crippen molar-refractivity contribution in [2.24, 2.45) is 0 Å². The van der Waals surface area contributed by atoms with E-state index < -0.39 is 6.04 Å². The molecule has 2 aromatic rings. The number of ether oxygens (including phenoxy) is 1. The maximum Gasteiger partial charge on any atom is 0.341 e. The van der Waals surface area contributed by atoms with E-state index in [1.807, 2.05) is 61.5 Å². The molecule has 0 saturated heterocycles. The fraction of sp³-hybridized carbons (Fsp3) is 0.211. The first-order valence-electron chi connectivity index (χ1n) is 7.25. The first-order chi connectivity index (χ1) is 10.7. The molecule has 3 heteroatoms. The van der Waals surface area contributed by atoms with Gasteiger partial charge in [0.25, 0.3) is 0 Å². The lowest BCUT2D eigenvalue weighted by Gasteiger charge is -2.13. The van der Waals surface area contributed by atoms with Crippen molar-refractivity contribution in [3.05, 3.63) is 65.7 Å². The molecule has 0 saturated carbocycles. The van der Waals surface area contributed by atoms with Crippen molar-refractivity contribution in [3.8, 4) is 11.8 Å². The summed E-state index contributed by atoms with van der Waals surface area (Å²) in [5, 5.41) is 3.11. The van der Waals surface area contributed by atoms with E-state index >= 15 is 0 Å². The average molecular weight is 293 g/mol. The van der Waals surface area contributed by atoms with Crippen molar-refractivity contribution >= 4 is 11.7 Å². The molecule has 0 aliphatic carbocycles. The highest BCUT2D eigenvalue weighted by Gasteiger charge is 2.16. The maximum atomic E-state index is 12.0. The van der Waals surface area contributed by atoms with Gasteiger partial charge in [0.1, 0.15) is 0 Å². The van der Waals surface area contributed by atoms with Crippen LogP contribution >= 0.6 is 0 Å². The summed E-state index contributed by atoms with van der Waals surface area (Å²) in [5.74, 6) is 5.58. The molecule has 1 atom stereocenters. The zero-order chi connectivity index (χ0) is 15.8. The second-order valence-corrected chi connectivity index (χ2v) is 4.83. The molecule has 0 radical (unpaired) electrons. The number of hydrogen-bond acceptors (Lipinski definition) is 3. The number of hydrogen-bond donors (Lipinski definition) is 1. The van der Waals surface area contributed by atoms with Crippen LogP contribution < -0.4 is 5.32 Å². The Labute approximate surface area is 131 Å². The number of esters is 1. The fourth-order valence-electron chi connectivity index (χ4n) is 1.87. The van der Waals surface area contributed by atoms with Crippen LogP contribution in [-0.2, 0) is 9.53 Å².